The SMILES string of the molecule is CCNC(=O)c1ccc(NC(=O)[C@@H](N)C(C)CC)cc1. The van der Waals surface area contributed by atoms with Crippen molar-refractivity contribution in [3.05, 3.63) is 29.8 Å². The second-order valence-corrected chi connectivity index (χ2v) is 4.84. The molecular formula is C15H23N3O2. The monoisotopic (exact) mass is 277 g/mol. The van der Waals surface area contributed by atoms with E-state index in [0.29, 0.717) is 17.8 Å². The van der Waals surface area contributed by atoms with E-state index >= 15 is 0 Å². The number of anilines is 1. The van der Waals surface area contributed by atoms with Gasteiger partial charge in [-0.2, -0.15) is 0 Å². The second kappa shape index (κ2) is 7.65. The topological polar surface area (TPSA) is 84.2 Å². The summed E-state index contributed by atoms with van der Waals surface area (Å²) in [4.78, 5) is 23.5. The predicted molar refractivity (Wildman–Crippen MR) is 80.5 cm³/mol. The fraction of sp³-hybridized carbons (Fsp3) is 0.467. The molecule has 4 N–H and O–H groups in total. The number of carbonyl (C=O) groups is 2. The van der Waals surface area contributed by atoms with E-state index in [2.05, 4.69) is 10.6 Å². The molecule has 0 saturated heterocycles. The molecule has 1 aromatic rings. The molecule has 0 heterocycles. The summed E-state index contributed by atoms with van der Waals surface area (Å²) in [5.41, 5.74) is 7.07. The van der Waals surface area contributed by atoms with Crippen molar-refractivity contribution >= 4 is 17.5 Å². The van der Waals surface area contributed by atoms with Gasteiger partial charge in [-0.3, -0.25) is 9.59 Å². The summed E-state index contributed by atoms with van der Waals surface area (Å²) >= 11 is 0. The molecule has 0 fully saturated rings. The average molecular weight is 277 g/mol. The lowest BCUT2D eigenvalue weighted by Crippen LogP contribution is -2.40. The minimum Gasteiger partial charge on any atom is -0.352 e. The minimum atomic E-state index is -0.525. The van der Waals surface area contributed by atoms with E-state index in [9.17, 15) is 9.59 Å². The standard InChI is InChI=1S/C15H23N3O2/c1-4-10(3)13(16)15(20)18-12-8-6-11(7-9-12)14(19)17-5-2/h6-10,13H,4-5,16H2,1-3H3,(H,17,19)(H,18,20)/t10?,13-/m0/s1. The van der Waals surface area contributed by atoms with E-state index in [4.69, 9.17) is 5.73 Å². The number of amides is 2. The Balaban J connectivity index is 2.66. The van der Waals surface area contributed by atoms with Gasteiger partial charge in [0.15, 0.2) is 0 Å². The first kappa shape index (κ1) is 16.2. The fourth-order valence-corrected chi connectivity index (χ4v) is 1.71. The lowest BCUT2D eigenvalue weighted by atomic mass is 9.99. The number of rotatable bonds is 6. The van der Waals surface area contributed by atoms with Crippen molar-refractivity contribution in [3.8, 4) is 0 Å². The molecular weight excluding hydrogens is 254 g/mol. The first-order valence-electron chi connectivity index (χ1n) is 6.94. The Kier molecular flexibility index (Phi) is 6.18. The molecule has 1 unspecified atom stereocenters. The first-order chi connectivity index (χ1) is 9.49. The highest BCUT2D eigenvalue weighted by atomic mass is 16.2. The molecule has 0 bridgehead atoms. The van der Waals surface area contributed by atoms with E-state index in [1.165, 1.54) is 0 Å². The van der Waals surface area contributed by atoms with Gasteiger partial charge in [-0.1, -0.05) is 20.3 Å². The van der Waals surface area contributed by atoms with Crippen molar-refractivity contribution < 1.29 is 9.59 Å². The molecule has 0 aliphatic heterocycles. The van der Waals surface area contributed by atoms with Crippen molar-refractivity contribution in [2.75, 3.05) is 11.9 Å². The Hall–Kier alpha value is -1.88. The van der Waals surface area contributed by atoms with Crippen LogP contribution in [-0.2, 0) is 4.79 Å². The van der Waals surface area contributed by atoms with Gasteiger partial charge in [0.05, 0.1) is 6.04 Å². The van der Waals surface area contributed by atoms with Crippen molar-refractivity contribution in [1.29, 1.82) is 0 Å². The normalized spacial score (nSPS) is 13.4. The Morgan fingerprint density at radius 3 is 2.30 bits per heavy atom. The van der Waals surface area contributed by atoms with Crippen LogP contribution in [0, 0.1) is 5.92 Å². The molecule has 1 aromatic carbocycles. The van der Waals surface area contributed by atoms with Gasteiger partial charge < -0.3 is 16.4 Å². The predicted octanol–water partition coefficient (Wildman–Crippen LogP) is 1.75. The van der Waals surface area contributed by atoms with E-state index in [-0.39, 0.29) is 17.7 Å². The largest absolute Gasteiger partial charge is 0.352 e. The lowest BCUT2D eigenvalue weighted by Gasteiger charge is -2.17. The first-order valence-corrected chi connectivity index (χ1v) is 6.94. The van der Waals surface area contributed by atoms with Crippen LogP contribution in [0.4, 0.5) is 5.69 Å². The van der Waals surface area contributed by atoms with Gasteiger partial charge in [0.25, 0.3) is 5.91 Å². The fourth-order valence-electron chi connectivity index (χ4n) is 1.71. The van der Waals surface area contributed by atoms with Crippen LogP contribution in [0.15, 0.2) is 24.3 Å². The molecule has 2 amide bonds. The Labute approximate surface area is 119 Å². The third-order valence-electron chi connectivity index (χ3n) is 3.31. The molecule has 0 spiro atoms. The third kappa shape index (κ3) is 4.35. The molecule has 110 valence electrons. The van der Waals surface area contributed by atoms with Crippen LogP contribution in [0.1, 0.15) is 37.6 Å². The summed E-state index contributed by atoms with van der Waals surface area (Å²) in [5.74, 6) is -0.198. The molecule has 0 aromatic heterocycles. The van der Waals surface area contributed by atoms with Gasteiger partial charge in [-0.15, -0.1) is 0 Å². The highest BCUT2D eigenvalue weighted by molar-refractivity contribution is 5.97. The smallest absolute Gasteiger partial charge is 0.251 e. The maximum Gasteiger partial charge on any atom is 0.251 e. The summed E-state index contributed by atoms with van der Waals surface area (Å²) in [5, 5.41) is 5.48. The van der Waals surface area contributed by atoms with Crippen LogP contribution < -0.4 is 16.4 Å². The third-order valence-corrected chi connectivity index (χ3v) is 3.31. The van der Waals surface area contributed by atoms with E-state index in [1.54, 1.807) is 24.3 Å². The van der Waals surface area contributed by atoms with Gasteiger partial charge in [-0.05, 0) is 37.1 Å². The zero-order valence-electron chi connectivity index (χ0n) is 12.3. The summed E-state index contributed by atoms with van der Waals surface area (Å²) in [6, 6.07) is 6.23. The van der Waals surface area contributed by atoms with Gasteiger partial charge in [0, 0.05) is 17.8 Å². The van der Waals surface area contributed by atoms with Crippen molar-refractivity contribution in [2.24, 2.45) is 11.7 Å². The summed E-state index contributed by atoms with van der Waals surface area (Å²) in [6.07, 6.45) is 0.852. The Morgan fingerprint density at radius 2 is 1.80 bits per heavy atom. The van der Waals surface area contributed by atoms with E-state index in [1.807, 2.05) is 20.8 Å². The van der Waals surface area contributed by atoms with E-state index < -0.39 is 6.04 Å². The second-order valence-electron chi connectivity index (χ2n) is 4.84. The zero-order valence-corrected chi connectivity index (χ0v) is 12.3. The highest BCUT2D eigenvalue weighted by Crippen LogP contribution is 2.12. The summed E-state index contributed by atoms with van der Waals surface area (Å²) < 4.78 is 0. The summed E-state index contributed by atoms with van der Waals surface area (Å²) in [7, 11) is 0. The quantitative estimate of drug-likeness (QED) is 0.740. The molecule has 0 aliphatic rings. The van der Waals surface area contributed by atoms with Crippen molar-refractivity contribution in [1.82, 2.24) is 5.32 Å². The minimum absolute atomic E-state index is 0.123. The molecule has 5 heteroatoms. The zero-order chi connectivity index (χ0) is 15.1. The maximum atomic E-state index is 11.9. The van der Waals surface area contributed by atoms with E-state index in [0.717, 1.165) is 6.42 Å². The molecule has 0 radical (unpaired) electrons. The Bertz CT molecular complexity index is 457. The number of hydrogen-bond acceptors (Lipinski definition) is 3. The summed E-state index contributed by atoms with van der Waals surface area (Å²) in [6.45, 7) is 6.39. The van der Waals surface area contributed by atoms with Gasteiger partial charge in [0.2, 0.25) is 5.91 Å². The van der Waals surface area contributed by atoms with Crippen LogP contribution in [0.5, 0.6) is 0 Å². The lowest BCUT2D eigenvalue weighted by molar-refractivity contribution is -0.118. The van der Waals surface area contributed by atoms with Gasteiger partial charge in [0.1, 0.15) is 0 Å². The Morgan fingerprint density at radius 1 is 1.20 bits per heavy atom. The molecule has 0 saturated carbocycles. The van der Waals surface area contributed by atoms with Crippen LogP contribution >= 0.6 is 0 Å². The van der Waals surface area contributed by atoms with Crippen LogP contribution in [0.25, 0.3) is 0 Å². The number of carbonyl (C=O) groups excluding carboxylic acids is 2. The molecule has 1 rings (SSSR count). The molecule has 0 aliphatic carbocycles. The van der Waals surface area contributed by atoms with Crippen molar-refractivity contribution in [2.45, 2.75) is 33.2 Å². The number of nitrogens with one attached hydrogen (secondary N) is 2. The molecule has 2 atom stereocenters. The van der Waals surface area contributed by atoms with Gasteiger partial charge in [-0.25, -0.2) is 0 Å². The molecule has 20 heavy (non-hydrogen) atoms. The van der Waals surface area contributed by atoms with Crippen LogP contribution in [0.2, 0.25) is 0 Å². The number of benzene rings is 1. The van der Waals surface area contributed by atoms with Crippen molar-refractivity contribution in [3.63, 3.8) is 0 Å². The maximum absolute atomic E-state index is 11.9. The van der Waals surface area contributed by atoms with Crippen LogP contribution in [0.3, 0.4) is 0 Å². The van der Waals surface area contributed by atoms with Crippen LogP contribution in [-0.4, -0.2) is 24.4 Å². The van der Waals surface area contributed by atoms with Gasteiger partial charge >= 0.3 is 0 Å². The highest BCUT2D eigenvalue weighted by Gasteiger charge is 2.19. The number of nitrogens with two attached hydrogens (primary N) is 1. The molecule has 5 nitrogen and oxygen atoms in total. The average Bonchev–Trinajstić information content (AvgIpc) is 2.46. The number of hydrogen-bond donors (Lipinski definition) is 3.